The van der Waals surface area contributed by atoms with Crippen LogP contribution in [0.5, 0.6) is 5.75 Å². The van der Waals surface area contributed by atoms with Gasteiger partial charge in [-0.15, -0.1) is 0 Å². The van der Waals surface area contributed by atoms with Crippen molar-refractivity contribution in [1.82, 2.24) is 15.5 Å². The normalized spacial score (nSPS) is 18.8. The molecule has 2 heterocycles. The number of nitrogens with zero attached hydrogens (tertiary/aromatic N) is 1. The van der Waals surface area contributed by atoms with E-state index < -0.39 is 6.04 Å². The summed E-state index contributed by atoms with van der Waals surface area (Å²) in [5, 5.41) is 6.00. The minimum absolute atomic E-state index is 0.00787. The zero-order valence-corrected chi connectivity index (χ0v) is 22.2. The summed E-state index contributed by atoms with van der Waals surface area (Å²) in [5.41, 5.74) is 2.04. The summed E-state index contributed by atoms with van der Waals surface area (Å²) in [6.07, 6.45) is 3.54. The SMILES string of the molecule is COc1ccc(CCC(=O)N(CC2CCOCC2)C(C(=O)NCc2ccccc2)C2CCC(=O)NC2)cc1. The van der Waals surface area contributed by atoms with Gasteiger partial charge < -0.3 is 25.0 Å². The van der Waals surface area contributed by atoms with Crippen molar-refractivity contribution < 1.29 is 23.9 Å². The Morgan fingerprint density at radius 2 is 1.79 bits per heavy atom. The quantitative estimate of drug-likeness (QED) is 0.474. The number of amides is 3. The summed E-state index contributed by atoms with van der Waals surface area (Å²) >= 11 is 0. The number of carbonyl (C=O) groups is 3. The van der Waals surface area contributed by atoms with Crippen LogP contribution in [0.3, 0.4) is 0 Å². The maximum Gasteiger partial charge on any atom is 0.243 e. The van der Waals surface area contributed by atoms with E-state index >= 15 is 0 Å². The second kappa shape index (κ2) is 14.0. The maximum atomic E-state index is 13.8. The lowest BCUT2D eigenvalue weighted by molar-refractivity contribution is -0.145. The number of rotatable bonds is 11. The number of carbonyl (C=O) groups excluding carboxylic acids is 3. The van der Waals surface area contributed by atoms with Crippen molar-refractivity contribution in [2.75, 3.05) is 33.4 Å². The zero-order valence-electron chi connectivity index (χ0n) is 22.2. The maximum absolute atomic E-state index is 13.8. The molecule has 38 heavy (non-hydrogen) atoms. The Kier molecular flexibility index (Phi) is 10.1. The van der Waals surface area contributed by atoms with Gasteiger partial charge in [0.25, 0.3) is 0 Å². The van der Waals surface area contributed by atoms with Gasteiger partial charge in [-0.3, -0.25) is 14.4 Å². The number of piperidine rings is 1. The third-order valence-electron chi connectivity index (χ3n) is 7.57. The minimum atomic E-state index is -0.648. The second-order valence-electron chi connectivity index (χ2n) is 10.2. The van der Waals surface area contributed by atoms with E-state index in [1.54, 1.807) is 7.11 Å². The molecule has 204 valence electrons. The molecule has 8 heteroatoms. The van der Waals surface area contributed by atoms with Gasteiger partial charge in [0.1, 0.15) is 11.8 Å². The van der Waals surface area contributed by atoms with Gasteiger partial charge in [-0.25, -0.2) is 0 Å². The number of hydrogen-bond donors (Lipinski definition) is 2. The fraction of sp³-hybridized carbons (Fsp3) is 0.500. The molecule has 0 aromatic heterocycles. The van der Waals surface area contributed by atoms with Crippen molar-refractivity contribution in [2.45, 2.75) is 51.1 Å². The van der Waals surface area contributed by atoms with Crippen molar-refractivity contribution in [2.24, 2.45) is 11.8 Å². The van der Waals surface area contributed by atoms with Crippen molar-refractivity contribution in [3.8, 4) is 5.75 Å². The van der Waals surface area contributed by atoms with Gasteiger partial charge in [0.2, 0.25) is 17.7 Å². The fourth-order valence-corrected chi connectivity index (χ4v) is 5.29. The van der Waals surface area contributed by atoms with Gasteiger partial charge in [-0.2, -0.15) is 0 Å². The van der Waals surface area contributed by atoms with Gasteiger partial charge in [-0.1, -0.05) is 42.5 Å². The summed E-state index contributed by atoms with van der Waals surface area (Å²) in [7, 11) is 1.63. The summed E-state index contributed by atoms with van der Waals surface area (Å²) in [4.78, 5) is 41.3. The van der Waals surface area contributed by atoms with Crippen molar-refractivity contribution in [1.29, 1.82) is 0 Å². The molecule has 2 fully saturated rings. The average Bonchev–Trinajstić information content (AvgIpc) is 2.96. The Labute approximate surface area is 225 Å². The van der Waals surface area contributed by atoms with E-state index in [4.69, 9.17) is 9.47 Å². The number of aryl methyl sites for hydroxylation is 1. The number of benzene rings is 2. The summed E-state index contributed by atoms with van der Waals surface area (Å²) < 4.78 is 10.8. The van der Waals surface area contributed by atoms with E-state index in [-0.39, 0.29) is 29.6 Å². The van der Waals surface area contributed by atoms with Crippen LogP contribution < -0.4 is 15.4 Å². The summed E-state index contributed by atoms with van der Waals surface area (Å²) in [5.74, 6) is 0.690. The van der Waals surface area contributed by atoms with Crippen LogP contribution in [0, 0.1) is 11.8 Å². The third-order valence-corrected chi connectivity index (χ3v) is 7.57. The first kappa shape index (κ1) is 27.6. The van der Waals surface area contributed by atoms with Crippen LogP contribution in [0.15, 0.2) is 54.6 Å². The van der Waals surface area contributed by atoms with E-state index in [1.807, 2.05) is 59.5 Å². The molecule has 2 aliphatic rings. The van der Waals surface area contributed by atoms with E-state index in [9.17, 15) is 14.4 Å². The van der Waals surface area contributed by atoms with Gasteiger partial charge >= 0.3 is 0 Å². The molecule has 3 amide bonds. The monoisotopic (exact) mass is 521 g/mol. The smallest absolute Gasteiger partial charge is 0.243 e. The molecule has 2 aromatic carbocycles. The Balaban J connectivity index is 1.54. The van der Waals surface area contributed by atoms with Crippen molar-refractivity contribution in [3.63, 3.8) is 0 Å². The van der Waals surface area contributed by atoms with E-state index in [1.165, 1.54) is 0 Å². The molecule has 2 aliphatic heterocycles. The molecule has 0 aliphatic carbocycles. The van der Waals surface area contributed by atoms with Crippen LogP contribution in [0.25, 0.3) is 0 Å². The highest BCUT2D eigenvalue weighted by atomic mass is 16.5. The average molecular weight is 522 g/mol. The summed E-state index contributed by atoms with van der Waals surface area (Å²) in [6, 6.07) is 16.8. The fourth-order valence-electron chi connectivity index (χ4n) is 5.29. The first-order valence-electron chi connectivity index (χ1n) is 13.6. The van der Waals surface area contributed by atoms with Gasteiger partial charge in [0, 0.05) is 51.6 Å². The van der Waals surface area contributed by atoms with Gasteiger partial charge in [0.05, 0.1) is 7.11 Å². The molecule has 2 unspecified atom stereocenters. The highest BCUT2D eigenvalue weighted by molar-refractivity contribution is 5.88. The molecule has 0 bridgehead atoms. The molecule has 0 spiro atoms. The first-order chi connectivity index (χ1) is 18.5. The molecule has 4 rings (SSSR count). The number of ether oxygens (including phenoxy) is 2. The predicted molar refractivity (Wildman–Crippen MR) is 144 cm³/mol. The first-order valence-corrected chi connectivity index (χ1v) is 13.6. The van der Waals surface area contributed by atoms with E-state index in [0.717, 1.165) is 29.7 Å². The zero-order chi connectivity index (χ0) is 26.7. The van der Waals surface area contributed by atoms with Crippen LogP contribution >= 0.6 is 0 Å². The van der Waals surface area contributed by atoms with Crippen LogP contribution in [-0.4, -0.2) is 62.1 Å². The van der Waals surface area contributed by atoms with Crippen LogP contribution in [0.4, 0.5) is 0 Å². The molecule has 2 aromatic rings. The largest absolute Gasteiger partial charge is 0.497 e. The van der Waals surface area contributed by atoms with E-state index in [0.29, 0.717) is 58.5 Å². The van der Waals surface area contributed by atoms with Gasteiger partial charge in [-0.05, 0) is 54.9 Å². The molecule has 0 radical (unpaired) electrons. The number of methoxy groups -OCH3 is 1. The highest BCUT2D eigenvalue weighted by Crippen LogP contribution is 2.26. The molecular weight excluding hydrogens is 482 g/mol. The number of hydrogen-bond acceptors (Lipinski definition) is 5. The summed E-state index contributed by atoms with van der Waals surface area (Å²) in [6.45, 7) is 2.63. The van der Waals surface area contributed by atoms with Crippen molar-refractivity contribution >= 4 is 17.7 Å². The molecule has 8 nitrogen and oxygen atoms in total. The lowest BCUT2D eigenvalue weighted by atomic mass is 9.88. The van der Waals surface area contributed by atoms with Gasteiger partial charge in [0.15, 0.2) is 0 Å². The molecule has 2 N–H and O–H groups in total. The minimum Gasteiger partial charge on any atom is -0.497 e. The Morgan fingerprint density at radius 3 is 2.45 bits per heavy atom. The number of nitrogens with one attached hydrogen (secondary N) is 2. The molecule has 0 saturated carbocycles. The van der Waals surface area contributed by atoms with Crippen LogP contribution in [0.1, 0.15) is 43.2 Å². The molecule has 2 atom stereocenters. The Hall–Kier alpha value is -3.39. The van der Waals surface area contributed by atoms with E-state index in [2.05, 4.69) is 10.6 Å². The van der Waals surface area contributed by atoms with Crippen LogP contribution in [-0.2, 0) is 32.1 Å². The van der Waals surface area contributed by atoms with Crippen LogP contribution in [0.2, 0.25) is 0 Å². The predicted octanol–water partition coefficient (Wildman–Crippen LogP) is 3.09. The molecule has 2 saturated heterocycles. The highest BCUT2D eigenvalue weighted by Gasteiger charge is 2.39. The third kappa shape index (κ3) is 7.81. The lowest BCUT2D eigenvalue weighted by Gasteiger charge is -2.40. The Bertz CT molecular complexity index is 1040. The lowest BCUT2D eigenvalue weighted by Crippen LogP contribution is -2.57. The standard InChI is InChI=1S/C30H39N3O5/c1-37-26-11-7-22(8-12-26)9-14-28(35)33(21-24-15-17-38-18-16-24)29(25-10-13-27(34)31-20-25)30(36)32-19-23-5-3-2-4-6-23/h2-8,11-12,24-25,29H,9-10,13-21H2,1H3,(H,31,34)(H,32,36). The van der Waals surface area contributed by atoms with Crippen molar-refractivity contribution in [3.05, 3.63) is 65.7 Å². The Morgan fingerprint density at radius 1 is 1.05 bits per heavy atom. The second-order valence-corrected chi connectivity index (χ2v) is 10.2. The molecular formula is C30H39N3O5. The topological polar surface area (TPSA) is 97.0 Å².